The first kappa shape index (κ1) is 23.4. The lowest BCUT2D eigenvalue weighted by molar-refractivity contribution is -0.131. The molecule has 0 aliphatic rings. The van der Waals surface area contributed by atoms with Crippen molar-refractivity contribution in [3.05, 3.63) is 12.7 Å². The second kappa shape index (κ2) is 18.2. The minimum Gasteiger partial charge on any atom is -0.478 e. The van der Waals surface area contributed by atoms with Gasteiger partial charge in [0.15, 0.2) is 0 Å². The first-order valence-corrected chi connectivity index (χ1v) is 9.11. The molecule has 22 heavy (non-hydrogen) atoms. The number of carboxylic acids is 1. The normalized spacial score (nSPS) is 12.9. The average molecular weight is 314 g/mol. The number of aliphatic carboxylic acids is 1. The summed E-state index contributed by atoms with van der Waals surface area (Å²) in [6.45, 7) is 14.7. The van der Waals surface area contributed by atoms with Crippen LogP contribution < -0.4 is 5.32 Å². The molecule has 0 bridgehead atoms. The summed E-state index contributed by atoms with van der Waals surface area (Å²) < 4.78 is 0. The maximum absolute atomic E-state index is 9.25. The van der Waals surface area contributed by atoms with Gasteiger partial charge in [0.25, 0.3) is 0 Å². The topological polar surface area (TPSA) is 49.3 Å². The molecule has 0 heterocycles. The standard InChI is InChI=1S/C16H35N.C3H4O2/c1-5-9-11-15(7-3)13-17-14-16(8-4)12-10-6-2;1-2-3(4)5/h15-17H,5-14H2,1-4H3;2H,1H2,(H,4,5). The zero-order valence-electron chi connectivity index (χ0n) is 15.4. The van der Waals surface area contributed by atoms with Crippen LogP contribution in [0.5, 0.6) is 0 Å². The SMILES string of the molecule is C=CC(=O)O.CCCCC(CC)CNCC(CC)CCCC. The lowest BCUT2D eigenvalue weighted by Gasteiger charge is -2.19. The number of unbranched alkanes of at least 4 members (excludes halogenated alkanes) is 2. The Bertz CT molecular complexity index is 238. The zero-order valence-corrected chi connectivity index (χ0v) is 15.4. The van der Waals surface area contributed by atoms with E-state index in [-0.39, 0.29) is 0 Å². The minimum atomic E-state index is -0.981. The summed E-state index contributed by atoms with van der Waals surface area (Å²) in [4.78, 5) is 9.25. The van der Waals surface area contributed by atoms with E-state index in [0.717, 1.165) is 17.9 Å². The third-order valence-electron chi connectivity index (χ3n) is 4.13. The van der Waals surface area contributed by atoms with Gasteiger partial charge in [0.2, 0.25) is 0 Å². The van der Waals surface area contributed by atoms with Crippen molar-refractivity contribution in [3.8, 4) is 0 Å². The van der Waals surface area contributed by atoms with Crippen LogP contribution in [0.4, 0.5) is 0 Å². The van der Waals surface area contributed by atoms with Gasteiger partial charge in [0.05, 0.1) is 0 Å². The molecule has 0 aromatic carbocycles. The van der Waals surface area contributed by atoms with E-state index in [1.54, 1.807) is 0 Å². The van der Waals surface area contributed by atoms with Crippen molar-refractivity contribution < 1.29 is 9.90 Å². The molecule has 0 rings (SSSR count). The number of carbonyl (C=O) groups is 1. The van der Waals surface area contributed by atoms with Crippen molar-refractivity contribution in [3.63, 3.8) is 0 Å². The molecule has 0 radical (unpaired) electrons. The highest BCUT2D eigenvalue weighted by Gasteiger charge is 2.08. The molecule has 0 aromatic rings. The Balaban J connectivity index is 0. The summed E-state index contributed by atoms with van der Waals surface area (Å²) in [5.41, 5.74) is 0. The molecule has 3 nitrogen and oxygen atoms in total. The number of carboxylic acid groups (broad SMARTS) is 1. The summed E-state index contributed by atoms with van der Waals surface area (Å²) in [5, 5.41) is 11.3. The second-order valence-corrected chi connectivity index (χ2v) is 6.03. The molecule has 132 valence electrons. The van der Waals surface area contributed by atoms with Crippen LogP contribution in [-0.4, -0.2) is 24.2 Å². The summed E-state index contributed by atoms with van der Waals surface area (Å²) in [6, 6.07) is 0. The predicted octanol–water partition coefficient (Wildman–Crippen LogP) is 5.27. The van der Waals surface area contributed by atoms with Crippen LogP contribution >= 0.6 is 0 Å². The highest BCUT2D eigenvalue weighted by Crippen LogP contribution is 2.13. The zero-order chi connectivity index (χ0) is 17.2. The fourth-order valence-corrected chi connectivity index (χ4v) is 2.38. The third kappa shape index (κ3) is 17.2. The molecule has 0 saturated heterocycles. The van der Waals surface area contributed by atoms with Crippen LogP contribution in [0.15, 0.2) is 12.7 Å². The van der Waals surface area contributed by atoms with Gasteiger partial charge in [-0.3, -0.25) is 0 Å². The summed E-state index contributed by atoms with van der Waals surface area (Å²) in [5.74, 6) is 0.822. The van der Waals surface area contributed by atoms with Gasteiger partial charge in [-0.2, -0.15) is 0 Å². The van der Waals surface area contributed by atoms with Gasteiger partial charge in [-0.25, -0.2) is 4.79 Å². The van der Waals surface area contributed by atoms with E-state index in [4.69, 9.17) is 5.11 Å². The fourth-order valence-electron chi connectivity index (χ4n) is 2.38. The van der Waals surface area contributed by atoms with Gasteiger partial charge >= 0.3 is 5.97 Å². The van der Waals surface area contributed by atoms with Crippen molar-refractivity contribution in [2.75, 3.05) is 13.1 Å². The van der Waals surface area contributed by atoms with Crippen LogP contribution in [0.1, 0.15) is 79.1 Å². The van der Waals surface area contributed by atoms with Crippen LogP contribution in [0.25, 0.3) is 0 Å². The molecule has 0 aromatic heterocycles. The molecule has 2 N–H and O–H groups in total. The molecule has 3 heteroatoms. The van der Waals surface area contributed by atoms with Gasteiger partial charge < -0.3 is 10.4 Å². The lowest BCUT2D eigenvalue weighted by atomic mass is 9.97. The number of hydrogen-bond donors (Lipinski definition) is 2. The smallest absolute Gasteiger partial charge is 0.327 e. The molecule has 2 atom stereocenters. The Morgan fingerprint density at radius 3 is 1.59 bits per heavy atom. The maximum Gasteiger partial charge on any atom is 0.327 e. The van der Waals surface area contributed by atoms with E-state index in [2.05, 4.69) is 39.6 Å². The van der Waals surface area contributed by atoms with Gasteiger partial charge in [0.1, 0.15) is 0 Å². The Kier molecular flexibility index (Phi) is 19.4. The Labute approximate surface area is 138 Å². The van der Waals surface area contributed by atoms with E-state index in [1.165, 1.54) is 64.5 Å². The Morgan fingerprint density at radius 1 is 1.00 bits per heavy atom. The van der Waals surface area contributed by atoms with Crippen LogP contribution in [-0.2, 0) is 4.79 Å². The van der Waals surface area contributed by atoms with Crippen molar-refractivity contribution in [1.29, 1.82) is 0 Å². The van der Waals surface area contributed by atoms with E-state index in [0.29, 0.717) is 0 Å². The Morgan fingerprint density at radius 2 is 1.36 bits per heavy atom. The monoisotopic (exact) mass is 313 g/mol. The third-order valence-corrected chi connectivity index (χ3v) is 4.13. The molecule has 0 fully saturated rings. The molecule has 0 saturated carbocycles. The van der Waals surface area contributed by atoms with E-state index in [9.17, 15) is 4.79 Å². The quantitative estimate of drug-likeness (QED) is 0.456. The van der Waals surface area contributed by atoms with Gasteiger partial charge in [-0.05, 0) is 37.8 Å². The summed E-state index contributed by atoms with van der Waals surface area (Å²) in [6.07, 6.45) is 11.8. The lowest BCUT2D eigenvalue weighted by Crippen LogP contribution is -2.28. The van der Waals surface area contributed by atoms with Crippen molar-refractivity contribution >= 4 is 5.97 Å². The van der Waals surface area contributed by atoms with Crippen molar-refractivity contribution in [1.82, 2.24) is 5.32 Å². The first-order valence-electron chi connectivity index (χ1n) is 9.11. The predicted molar refractivity (Wildman–Crippen MR) is 97.3 cm³/mol. The van der Waals surface area contributed by atoms with Crippen molar-refractivity contribution in [2.45, 2.75) is 79.1 Å². The van der Waals surface area contributed by atoms with Gasteiger partial charge in [-0.15, -0.1) is 0 Å². The van der Waals surface area contributed by atoms with Crippen LogP contribution in [0.3, 0.4) is 0 Å². The van der Waals surface area contributed by atoms with E-state index in [1.807, 2.05) is 0 Å². The summed E-state index contributed by atoms with van der Waals surface area (Å²) in [7, 11) is 0. The molecule has 0 aliphatic carbocycles. The molecule has 0 aliphatic heterocycles. The van der Waals surface area contributed by atoms with Crippen LogP contribution in [0, 0.1) is 11.8 Å². The molecular weight excluding hydrogens is 274 g/mol. The highest BCUT2D eigenvalue weighted by molar-refractivity contribution is 5.78. The van der Waals surface area contributed by atoms with Gasteiger partial charge in [-0.1, -0.05) is 72.8 Å². The Hall–Kier alpha value is -0.830. The molecular formula is C19H39NO2. The fraction of sp³-hybridized carbons (Fsp3) is 0.842. The largest absolute Gasteiger partial charge is 0.478 e. The first-order chi connectivity index (χ1) is 10.5. The maximum atomic E-state index is 9.25. The van der Waals surface area contributed by atoms with Crippen LogP contribution in [0.2, 0.25) is 0 Å². The molecule has 2 unspecified atom stereocenters. The summed E-state index contributed by atoms with van der Waals surface area (Å²) >= 11 is 0. The molecule has 0 amide bonds. The number of rotatable bonds is 13. The minimum absolute atomic E-state index is 0.833. The number of hydrogen-bond acceptors (Lipinski definition) is 2. The molecule has 0 spiro atoms. The van der Waals surface area contributed by atoms with Gasteiger partial charge in [0, 0.05) is 6.08 Å². The van der Waals surface area contributed by atoms with E-state index < -0.39 is 5.97 Å². The average Bonchev–Trinajstić information content (AvgIpc) is 2.54. The van der Waals surface area contributed by atoms with E-state index >= 15 is 0 Å². The number of nitrogens with one attached hydrogen (secondary N) is 1. The second-order valence-electron chi connectivity index (χ2n) is 6.03. The highest BCUT2D eigenvalue weighted by atomic mass is 16.4. The van der Waals surface area contributed by atoms with Crippen molar-refractivity contribution in [2.24, 2.45) is 11.8 Å².